The van der Waals surface area contributed by atoms with Crippen molar-refractivity contribution in [3.63, 3.8) is 0 Å². The van der Waals surface area contributed by atoms with Gasteiger partial charge in [0.1, 0.15) is 5.69 Å². The number of aromatic nitrogens is 2. The number of anilines is 1. The van der Waals surface area contributed by atoms with Crippen molar-refractivity contribution < 1.29 is 13.2 Å². The van der Waals surface area contributed by atoms with E-state index >= 15 is 0 Å². The van der Waals surface area contributed by atoms with Gasteiger partial charge in [0.25, 0.3) is 0 Å². The Morgan fingerprint density at radius 2 is 2.21 bits per heavy atom. The minimum atomic E-state index is -4.42. The molecule has 0 bridgehead atoms. The van der Waals surface area contributed by atoms with E-state index in [1.807, 2.05) is 11.9 Å². The molecule has 0 aromatic carbocycles. The lowest BCUT2D eigenvalue weighted by molar-refractivity contribution is -0.141. The van der Waals surface area contributed by atoms with Crippen LogP contribution in [-0.4, -0.2) is 36.6 Å². The quantitative estimate of drug-likeness (QED) is 0.914. The highest BCUT2D eigenvalue weighted by Gasteiger charge is 2.36. The second-order valence-electron chi connectivity index (χ2n) is 5.25. The molecule has 106 valence electrons. The fraction of sp³-hybridized carbons (Fsp3) is 0.667. The van der Waals surface area contributed by atoms with Gasteiger partial charge in [-0.1, -0.05) is 6.92 Å². The third-order valence-electron chi connectivity index (χ3n) is 3.38. The molecule has 1 saturated heterocycles. The molecule has 7 heteroatoms. The first-order valence-corrected chi connectivity index (χ1v) is 6.14. The van der Waals surface area contributed by atoms with Gasteiger partial charge >= 0.3 is 6.18 Å². The minimum absolute atomic E-state index is 0.0480. The standard InChI is InChI=1S/C12H17F3N4/c1-11(7-16-2)4-6-19(8-11)10-17-5-3-9(18-10)12(13,14)15/h3,5,16H,4,6-8H2,1-2H3. The van der Waals surface area contributed by atoms with Gasteiger partial charge in [0.15, 0.2) is 0 Å². The van der Waals surface area contributed by atoms with Crippen LogP contribution >= 0.6 is 0 Å². The summed E-state index contributed by atoms with van der Waals surface area (Å²) in [7, 11) is 1.87. The van der Waals surface area contributed by atoms with Gasteiger partial charge < -0.3 is 10.2 Å². The van der Waals surface area contributed by atoms with Crippen LogP contribution in [0.5, 0.6) is 0 Å². The van der Waals surface area contributed by atoms with Crippen LogP contribution in [0.25, 0.3) is 0 Å². The average Bonchev–Trinajstić information content (AvgIpc) is 2.71. The largest absolute Gasteiger partial charge is 0.433 e. The van der Waals surface area contributed by atoms with Crippen LogP contribution in [0.4, 0.5) is 19.1 Å². The lowest BCUT2D eigenvalue weighted by Gasteiger charge is -2.24. The molecule has 0 spiro atoms. The van der Waals surface area contributed by atoms with Crippen molar-refractivity contribution in [3.8, 4) is 0 Å². The van der Waals surface area contributed by atoms with E-state index in [2.05, 4.69) is 22.2 Å². The zero-order valence-electron chi connectivity index (χ0n) is 11.0. The predicted octanol–water partition coefficient (Wildman–Crippen LogP) is 1.93. The molecule has 0 radical (unpaired) electrons. The zero-order valence-corrected chi connectivity index (χ0v) is 11.0. The van der Waals surface area contributed by atoms with Crippen molar-refractivity contribution in [3.05, 3.63) is 18.0 Å². The van der Waals surface area contributed by atoms with Crippen molar-refractivity contribution in [2.75, 3.05) is 31.6 Å². The topological polar surface area (TPSA) is 41.0 Å². The SMILES string of the molecule is CNCC1(C)CCN(c2nccc(C(F)(F)F)n2)C1. The molecule has 1 fully saturated rings. The van der Waals surface area contributed by atoms with Gasteiger partial charge in [0.05, 0.1) is 0 Å². The lowest BCUT2D eigenvalue weighted by Crippen LogP contribution is -2.33. The Labute approximate surface area is 110 Å². The lowest BCUT2D eigenvalue weighted by atomic mass is 9.90. The molecule has 1 aromatic rings. The van der Waals surface area contributed by atoms with Gasteiger partial charge in [-0.15, -0.1) is 0 Å². The summed E-state index contributed by atoms with van der Waals surface area (Å²) in [4.78, 5) is 9.39. The fourth-order valence-electron chi connectivity index (χ4n) is 2.42. The summed E-state index contributed by atoms with van der Waals surface area (Å²) in [5.41, 5.74) is -0.841. The molecular weight excluding hydrogens is 257 g/mol. The summed E-state index contributed by atoms with van der Waals surface area (Å²) in [6, 6.07) is 0.895. The van der Waals surface area contributed by atoms with Crippen molar-refractivity contribution >= 4 is 5.95 Å². The molecule has 1 atom stereocenters. The molecule has 0 saturated carbocycles. The fourth-order valence-corrected chi connectivity index (χ4v) is 2.42. The van der Waals surface area contributed by atoms with Gasteiger partial charge in [0, 0.05) is 25.8 Å². The monoisotopic (exact) mass is 274 g/mol. The zero-order chi connectivity index (χ0) is 14.1. The van der Waals surface area contributed by atoms with Gasteiger partial charge in [-0.2, -0.15) is 13.2 Å². The van der Waals surface area contributed by atoms with Crippen LogP contribution in [-0.2, 0) is 6.18 Å². The molecule has 19 heavy (non-hydrogen) atoms. The second kappa shape index (κ2) is 4.96. The maximum absolute atomic E-state index is 12.6. The summed E-state index contributed by atoms with van der Waals surface area (Å²) in [5, 5.41) is 3.11. The highest BCUT2D eigenvalue weighted by molar-refractivity contribution is 5.33. The molecule has 1 aliphatic heterocycles. The number of hydrogen-bond acceptors (Lipinski definition) is 4. The van der Waals surface area contributed by atoms with Crippen LogP contribution in [0.15, 0.2) is 12.3 Å². The van der Waals surface area contributed by atoms with Gasteiger partial charge in [0.2, 0.25) is 5.95 Å². The molecule has 1 unspecified atom stereocenters. The van der Waals surface area contributed by atoms with E-state index in [4.69, 9.17) is 0 Å². The van der Waals surface area contributed by atoms with Crippen LogP contribution in [0.3, 0.4) is 0 Å². The van der Waals surface area contributed by atoms with Crippen molar-refractivity contribution in [1.29, 1.82) is 0 Å². The predicted molar refractivity (Wildman–Crippen MR) is 65.9 cm³/mol. The van der Waals surface area contributed by atoms with E-state index in [-0.39, 0.29) is 11.4 Å². The Hall–Kier alpha value is -1.37. The van der Waals surface area contributed by atoms with E-state index in [9.17, 15) is 13.2 Å². The number of nitrogens with one attached hydrogen (secondary N) is 1. The summed E-state index contributed by atoms with van der Waals surface area (Å²) >= 11 is 0. The first-order chi connectivity index (χ1) is 8.84. The molecule has 1 N–H and O–H groups in total. The van der Waals surface area contributed by atoms with E-state index in [1.165, 1.54) is 6.20 Å². The number of rotatable bonds is 3. The Balaban J connectivity index is 2.16. The first-order valence-electron chi connectivity index (χ1n) is 6.14. The van der Waals surface area contributed by atoms with Gasteiger partial charge in [-0.25, -0.2) is 9.97 Å². The number of nitrogens with zero attached hydrogens (tertiary/aromatic N) is 3. The number of alkyl halides is 3. The van der Waals surface area contributed by atoms with Crippen LogP contribution < -0.4 is 10.2 Å². The molecule has 2 rings (SSSR count). The summed E-state index contributed by atoms with van der Waals surface area (Å²) < 4.78 is 37.8. The molecule has 4 nitrogen and oxygen atoms in total. The Bertz CT molecular complexity index is 449. The maximum Gasteiger partial charge on any atom is 0.433 e. The average molecular weight is 274 g/mol. The summed E-state index contributed by atoms with van der Waals surface area (Å²) in [5.74, 6) is 0.162. The summed E-state index contributed by atoms with van der Waals surface area (Å²) in [6.07, 6.45) is -2.35. The van der Waals surface area contributed by atoms with Crippen LogP contribution in [0, 0.1) is 5.41 Å². The Morgan fingerprint density at radius 3 is 2.84 bits per heavy atom. The molecule has 1 aliphatic rings. The number of hydrogen-bond donors (Lipinski definition) is 1. The third kappa shape index (κ3) is 3.15. The highest BCUT2D eigenvalue weighted by atomic mass is 19.4. The van der Waals surface area contributed by atoms with Gasteiger partial charge in [-0.3, -0.25) is 0 Å². The van der Waals surface area contributed by atoms with Crippen LogP contribution in [0.1, 0.15) is 19.0 Å². The van der Waals surface area contributed by atoms with E-state index in [0.29, 0.717) is 13.1 Å². The Kier molecular flexibility index (Phi) is 3.66. The Morgan fingerprint density at radius 1 is 1.47 bits per heavy atom. The molecule has 2 heterocycles. The van der Waals surface area contributed by atoms with E-state index in [0.717, 1.165) is 19.0 Å². The highest BCUT2D eigenvalue weighted by Crippen LogP contribution is 2.33. The normalized spacial score (nSPS) is 23.9. The van der Waals surface area contributed by atoms with Crippen molar-refractivity contribution in [1.82, 2.24) is 15.3 Å². The number of halogens is 3. The summed E-state index contributed by atoms with van der Waals surface area (Å²) in [6.45, 7) is 4.27. The van der Waals surface area contributed by atoms with Gasteiger partial charge in [-0.05, 0) is 24.9 Å². The molecular formula is C12H17F3N4. The molecule has 0 amide bonds. The second-order valence-corrected chi connectivity index (χ2v) is 5.25. The molecule has 0 aliphatic carbocycles. The van der Waals surface area contributed by atoms with E-state index in [1.54, 1.807) is 0 Å². The maximum atomic E-state index is 12.6. The van der Waals surface area contributed by atoms with Crippen molar-refractivity contribution in [2.24, 2.45) is 5.41 Å². The first kappa shape index (κ1) is 14.0. The minimum Gasteiger partial charge on any atom is -0.340 e. The molecule has 1 aromatic heterocycles. The smallest absolute Gasteiger partial charge is 0.340 e. The van der Waals surface area contributed by atoms with Crippen molar-refractivity contribution in [2.45, 2.75) is 19.5 Å². The van der Waals surface area contributed by atoms with E-state index < -0.39 is 11.9 Å². The third-order valence-corrected chi connectivity index (χ3v) is 3.38. The van der Waals surface area contributed by atoms with Crippen LogP contribution in [0.2, 0.25) is 0 Å².